The number of nitrogens with zero attached hydrogens (tertiary/aromatic N) is 4. The molecule has 0 aromatic rings. The molecule has 0 saturated heterocycles. The molecule has 4 rings (SSSR count). The van der Waals surface area contributed by atoms with Gasteiger partial charge in [-0.25, -0.2) is 35.1 Å². The maximum absolute atomic E-state index is 15.7. The van der Waals surface area contributed by atoms with E-state index in [0.717, 1.165) is 0 Å². The minimum atomic E-state index is -2.96. The number of nitriles is 4. The molecule has 4 aliphatic rings. The summed E-state index contributed by atoms with van der Waals surface area (Å²) in [7, 11) is 0. The third-order valence-corrected chi connectivity index (χ3v) is 7.18. The number of rotatable bonds is 0. The molecule has 0 N–H and O–H groups in total. The summed E-state index contributed by atoms with van der Waals surface area (Å²) in [6, 6.07) is 4.88. The van der Waals surface area contributed by atoms with Crippen molar-refractivity contribution in [1.82, 2.24) is 0 Å². The zero-order valence-electron chi connectivity index (χ0n) is 17.8. The summed E-state index contributed by atoms with van der Waals surface area (Å²) < 4.78 is 124. The highest BCUT2D eigenvalue weighted by Crippen LogP contribution is 2.59. The summed E-state index contributed by atoms with van der Waals surface area (Å²) >= 11 is 0. The summed E-state index contributed by atoms with van der Waals surface area (Å²) in [5.41, 5.74) is -6.26. The summed E-state index contributed by atoms with van der Waals surface area (Å²) in [5.74, 6) is -16.7. The van der Waals surface area contributed by atoms with Gasteiger partial charge in [0.1, 0.15) is 83.4 Å². The molecule has 0 spiro atoms. The third-order valence-electron chi connectivity index (χ3n) is 7.18. The number of alkyl halides is 4. The first kappa shape index (κ1) is 25.2. The van der Waals surface area contributed by atoms with Gasteiger partial charge in [-0.1, -0.05) is 11.1 Å². The topological polar surface area (TPSA) is 95.2 Å². The van der Waals surface area contributed by atoms with Crippen molar-refractivity contribution in [3.63, 3.8) is 0 Å². The van der Waals surface area contributed by atoms with Crippen LogP contribution < -0.4 is 0 Å². The van der Waals surface area contributed by atoms with Crippen LogP contribution in [0.4, 0.5) is 35.1 Å². The van der Waals surface area contributed by atoms with Crippen LogP contribution in [-0.4, -0.2) is 24.7 Å². The van der Waals surface area contributed by atoms with Gasteiger partial charge in [-0.15, -0.1) is 0 Å². The number of fused-ring (bicyclic) bond motifs is 1. The summed E-state index contributed by atoms with van der Waals surface area (Å²) in [6.45, 7) is 0. The molecule has 2 bridgehead atoms. The summed E-state index contributed by atoms with van der Waals surface area (Å²) in [4.78, 5) is 0. The Morgan fingerprint density at radius 1 is 0.583 bits per heavy atom. The Balaban J connectivity index is 2.15. The predicted octanol–water partition coefficient (Wildman–Crippen LogP) is 5.92. The normalized spacial score (nSPS) is 35.6. The molecule has 0 radical (unpaired) electrons. The van der Waals surface area contributed by atoms with Gasteiger partial charge in [-0.3, -0.25) is 0 Å². The molecule has 0 aromatic heterocycles. The van der Waals surface area contributed by atoms with Gasteiger partial charge in [0.05, 0.1) is 17.8 Å². The number of allylic oxidation sites excluding steroid dienone is 10. The maximum Gasteiger partial charge on any atom is 0.142 e. The number of halogens is 8. The van der Waals surface area contributed by atoms with E-state index in [0.29, 0.717) is 0 Å². The van der Waals surface area contributed by atoms with Gasteiger partial charge in [-0.2, -0.15) is 21.0 Å². The SMILES string of the molecule is N#CC(C#N)=C1C(F)C2CC3=C4C(CC(F)=C(F)C3C1F)C(F)C(=C(C#N)C#N)C(F)C4C(F)=C2F. The first-order valence-corrected chi connectivity index (χ1v) is 10.5. The highest BCUT2D eigenvalue weighted by molar-refractivity contribution is 5.55. The lowest BCUT2D eigenvalue weighted by molar-refractivity contribution is 0.159. The molecule has 184 valence electrons. The highest BCUT2D eigenvalue weighted by atomic mass is 19.2. The van der Waals surface area contributed by atoms with E-state index >= 15 is 30.7 Å². The monoisotopic (exact) mass is 508 g/mol. The van der Waals surface area contributed by atoms with Crippen LogP contribution in [0.1, 0.15) is 12.8 Å². The van der Waals surface area contributed by atoms with Crippen molar-refractivity contribution in [2.24, 2.45) is 23.7 Å². The van der Waals surface area contributed by atoms with E-state index in [1.54, 1.807) is 0 Å². The lowest BCUT2D eigenvalue weighted by atomic mass is 9.67. The minimum Gasteiger partial charge on any atom is -0.242 e. The molecule has 12 heteroatoms. The van der Waals surface area contributed by atoms with Crippen molar-refractivity contribution < 1.29 is 35.1 Å². The molecular weight excluding hydrogens is 496 g/mol. The van der Waals surface area contributed by atoms with Crippen molar-refractivity contribution >= 4 is 0 Å². The Kier molecular flexibility index (Phi) is 6.27. The van der Waals surface area contributed by atoms with Crippen LogP contribution in [0.25, 0.3) is 0 Å². The van der Waals surface area contributed by atoms with Gasteiger partial charge in [0.15, 0.2) is 0 Å². The third kappa shape index (κ3) is 3.28. The lowest BCUT2D eigenvalue weighted by Gasteiger charge is -2.39. The molecule has 2 fully saturated rings. The van der Waals surface area contributed by atoms with E-state index in [4.69, 9.17) is 21.0 Å². The van der Waals surface area contributed by atoms with Crippen molar-refractivity contribution in [3.05, 3.63) is 56.7 Å². The molecule has 8 atom stereocenters. The molecule has 2 saturated carbocycles. The zero-order valence-corrected chi connectivity index (χ0v) is 17.8. The average molecular weight is 508 g/mol. The second-order valence-electron chi connectivity index (χ2n) is 8.72. The number of hydrogen-bond donors (Lipinski definition) is 0. The quantitative estimate of drug-likeness (QED) is 0.231. The van der Waals surface area contributed by atoms with Crippen LogP contribution in [0.15, 0.2) is 56.7 Å². The van der Waals surface area contributed by atoms with Gasteiger partial charge in [-0.05, 0) is 6.42 Å². The van der Waals surface area contributed by atoms with E-state index in [1.807, 2.05) is 0 Å². The molecule has 36 heavy (non-hydrogen) atoms. The Hall–Kier alpha value is -3.90. The summed E-state index contributed by atoms with van der Waals surface area (Å²) in [6.07, 6.45) is -13.7. The Morgan fingerprint density at radius 3 is 1.56 bits per heavy atom. The first-order chi connectivity index (χ1) is 17.0. The van der Waals surface area contributed by atoms with E-state index in [-0.39, 0.29) is 0 Å². The fraction of sp³-hybridized carbons (Fsp3) is 0.417. The second-order valence-corrected chi connectivity index (χ2v) is 8.72. The highest BCUT2D eigenvalue weighted by Gasteiger charge is 2.58. The number of hydrogen-bond acceptors (Lipinski definition) is 4. The average Bonchev–Trinajstić information content (AvgIpc) is 3.09. The Labute approximate surface area is 199 Å². The van der Waals surface area contributed by atoms with Gasteiger partial charge < -0.3 is 0 Å². The standard InChI is InChI=1S/C24H12F8N4/c25-12-2-10-15-9-1-11(19(27)14(8(5-35)6-36)22(30)16(9)21(12)29)20(28)24(32)17(15)23(31)13(18(10)26)7(3-33)4-34/h10-11,16-19,22-23H,1-2H2. The van der Waals surface area contributed by atoms with Crippen LogP contribution >= 0.6 is 0 Å². The maximum atomic E-state index is 15.7. The fourth-order valence-electron chi connectivity index (χ4n) is 5.64. The van der Waals surface area contributed by atoms with Crippen molar-refractivity contribution in [3.8, 4) is 24.3 Å². The lowest BCUT2D eigenvalue weighted by Crippen LogP contribution is -2.41. The van der Waals surface area contributed by atoms with E-state index in [1.165, 1.54) is 24.3 Å². The van der Waals surface area contributed by atoms with Crippen LogP contribution in [-0.2, 0) is 0 Å². The first-order valence-electron chi connectivity index (χ1n) is 10.5. The molecule has 0 aromatic carbocycles. The van der Waals surface area contributed by atoms with Gasteiger partial charge in [0, 0.05) is 23.5 Å². The van der Waals surface area contributed by atoms with Crippen molar-refractivity contribution in [2.45, 2.75) is 37.5 Å². The molecule has 0 amide bonds. The smallest absolute Gasteiger partial charge is 0.142 e. The predicted molar refractivity (Wildman–Crippen MR) is 105 cm³/mol. The molecular formula is C24H12F8N4. The van der Waals surface area contributed by atoms with Crippen molar-refractivity contribution in [2.75, 3.05) is 0 Å². The fourth-order valence-corrected chi connectivity index (χ4v) is 5.64. The minimum absolute atomic E-state index is 0.692. The molecule has 4 aliphatic carbocycles. The molecule has 0 heterocycles. The summed E-state index contributed by atoms with van der Waals surface area (Å²) in [5, 5.41) is 36.6. The van der Waals surface area contributed by atoms with Crippen LogP contribution in [0.2, 0.25) is 0 Å². The van der Waals surface area contributed by atoms with Crippen LogP contribution in [0.3, 0.4) is 0 Å². The Bertz CT molecular complexity index is 1340. The molecule has 4 nitrogen and oxygen atoms in total. The van der Waals surface area contributed by atoms with E-state index in [2.05, 4.69) is 0 Å². The van der Waals surface area contributed by atoms with Crippen molar-refractivity contribution in [1.29, 1.82) is 21.0 Å². The van der Waals surface area contributed by atoms with Gasteiger partial charge in [0.2, 0.25) is 0 Å². The van der Waals surface area contributed by atoms with Gasteiger partial charge in [0.25, 0.3) is 0 Å². The van der Waals surface area contributed by atoms with Crippen LogP contribution in [0.5, 0.6) is 0 Å². The molecule has 0 aliphatic heterocycles. The Morgan fingerprint density at radius 2 is 1.06 bits per heavy atom. The van der Waals surface area contributed by atoms with Crippen LogP contribution in [0, 0.1) is 69.0 Å². The van der Waals surface area contributed by atoms with E-state index < -0.39 is 118 Å². The second kappa shape index (κ2) is 8.95. The molecule has 8 unspecified atom stereocenters. The zero-order chi connectivity index (χ0) is 26.6. The largest absolute Gasteiger partial charge is 0.242 e. The van der Waals surface area contributed by atoms with E-state index in [9.17, 15) is 4.39 Å². The van der Waals surface area contributed by atoms with Gasteiger partial charge >= 0.3 is 0 Å².